The maximum absolute atomic E-state index is 3.83. The van der Waals surface area contributed by atoms with E-state index in [2.05, 4.69) is 66.4 Å². The van der Waals surface area contributed by atoms with Gasteiger partial charge in [-0.1, -0.05) is 37.0 Å². The molecule has 1 N–H and O–H groups in total. The van der Waals surface area contributed by atoms with E-state index in [0.29, 0.717) is 6.04 Å². The van der Waals surface area contributed by atoms with E-state index in [1.807, 2.05) is 13.1 Å². The second-order valence-corrected chi connectivity index (χ2v) is 5.78. The Bertz CT molecular complexity index is 657. The van der Waals surface area contributed by atoms with Gasteiger partial charge in [0.15, 0.2) is 0 Å². The highest BCUT2D eigenvalue weighted by atomic mass is 32.1. The summed E-state index contributed by atoms with van der Waals surface area (Å²) in [5, 5.41) is 5.56. The Kier molecular flexibility index (Phi) is 5.80. The molecule has 108 valence electrons. The molecule has 0 amide bonds. The summed E-state index contributed by atoms with van der Waals surface area (Å²) < 4.78 is 0. The highest BCUT2D eigenvalue weighted by Crippen LogP contribution is 2.31. The van der Waals surface area contributed by atoms with Crippen LogP contribution in [0.15, 0.2) is 48.4 Å². The summed E-state index contributed by atoms with van der Waals surface area (Å²) in [6, 6.07) is 11.1. The predicted molar refractivity (Wildman–Crippen MR) is 93.5 cm³/mol. The minimum absolute atomic E-state index is 0.351. The van der Waals surface area contributed by atoms with Gasteiger partial charge in [0.05, 0.1) is 0 Å². The van der Waals surface area contributed by atoms with E-state index in [4.69, 9.17) is 0 Å². The van der Waals surface area contributed by atoms with Crippen LogP contribution in [-0.2, 0) is 0 Å². The molecule has 21 heavy (non-hydrogen) atoms. The molecule has 0 aliphatic rings. The molecule has 1 atom stereocenters. The van der Waals surface area contributed by atoms with Crippen LogP contribution < -0.4 is 5.32 Å². The van der Waals surface area contributed by atoms with E-state index in [1.165, 1.54) is 16.0 Å². The fourth-order valence-electron chi connectivity index (χ4n) is 2.20. The molecule has 0 aliphatic carbocycles. The van der Waals surface area contributed by atoms with Gasteiger partial charge in [-0.25, -0.2) is 0 Å². The number of hydrogen-bond donors (Lipinski definition) is 1. The van der Waals surface area contributed by atoms with Gasteiger partial charge in [0.25, 0.3) is 0 Å². The number of nitrogens with one attached hydrogen (secondary N) is 1. The molecule has 1 aromatic heterocycles. The van der Waals surface area contributed by atoms with Crippen molar-refractivity contribution in [1.29, 1.82) is 0 Å². The zero-order valence-electron chi connectivity index (χ0n) is 12.6. The molecule has 0 spiro atoms. The predicted octanol–water partition coefficient (Wildman–Crippen LogP) is 5.01. The number of rotatable bonds is 5. The lowest BCUT2D eigenvalue weighted by Crippen LogP contribution is -2.13. The second kappa shape index (κ2) is 7.83. The van der Waals surface area contributed by atoms with Crippen LogP contribution in [0.5, 0.6) is 0 Å². The Labute approximate surface area is 131 Å². The number of benzene rings is 1. The van der Waals surface area contributed by atoms with Crippen molar-refractivity contribution in [1.82, 2.24) is 5.32 Å². The molecular weight excluding hydrogens is 274 g/mol. The van der Waals surface area contributed by atoms with E-state index in [-0.39, 0.29) is 0 Å². The fourth-order valence-corrected chi connectivity index (χ4v) is 3.24. The van der Waals surface area contributed by atoms with E-state index in [9.17, 15) is 0 Å². The highest BCUT2D eigenvalue weighted by Gasteiger charge is 2.11. The monoisotopic (exact) mass is 295 g/mol. The highest BCUT2D eigenvalue weighted by molar-refractivity contribution is 7.10. The summed E-state index contributed by atoms with van der Waals surface area (Å²) >= 11 is 1.79. The molecule has 1 heterocycles. The first-order valence-electron chi connectivity index (χ1n) is 7.24. The lowest BCUT2D eigenvalue weighted by Gasteiger charge is -2.11. The third-order valence-corrected chi connectivity index (χ3v) is 4.37. The second-order valence-electron chi connectivity index (χ2n) is 4.84. The first kappa shape index (κ1) is 15.6. The van der Waals surface area contributed by atoms with Gasteiger partial charge in [-0.3, -0.25) is 0 Å². The molecule has 0 aliphatic heterocycles. The molecule has 0 radical (unpaired) electrons. The molecule has 0 fully saturated rings. The molecule has 1 unspecified atom stereocenters. The summed E-state index contributed by atoms with van der Waals surface area (Å²) in [5.41, 5.74) is 3.58. The van der Waals surface area contributed by atoms with Crippen LogP contribution in [0.1, 0.15) is 36.2 Å². The maximum atomic E-state index is 3.83. The molecule has 2 heteroatoms. The van der Waals surface area contributed by atoms with Gasteiger partial charge in [0.2, 0.25) is 0 Å². The zero-order valence-corrected chi connectivity index (χ0v) is 13.5. The lowest BCUT2D eigenvalue weighted by molar-refractivity contribution is 0.614. The summed E-state index contributed by atoms with van der Waals surface area (Å²) in [4.78, 5) is 1.34. The fraction of sp³-hybridized carbons (Fsp3) is 0.263. The average Bonchev–Trinajstić information content (AvgIpc) is 3.00. The van der Waals surface area contributed by atoms with Crippen LogP contribution in [0, 0.1) is 11.8 Å². The number of hydrogen-bond acceptors (Lipinski definition) is 2. The Hall–Kier alpha value is -1.82. The summed E-state index contributed by atoms with van der Waals surface area (Å²) in [5.74, 6) is 6.32. The minimum Gasteiger partial charge on any atom is -0.312 e. The minimum atomic E-state index is 0.351. The average molecular weight is 295 g/mol. The Morgan fingerprint density at radius 3 is 2.90 bits per heavy atom. The van der Waals surface area contributed by atoms with Gasteiger partial charge in [-0.15, -0.1) is 17.9 Å². The summed E-state index contributed by atoms with van der Waals surface area (Å²) in [6.45, 7) is 5.90. The standard InChI is InChI=1S/C19H21NS/c1-4-6-9-15-10-7-11-16(12-15)17-13-19(21-14-17)18(20-3)8-5-2/h5,7,10-14,18,20H,2,4,8H2,1,3H3. The van der Waals surface area contributed by atoms with Crippen molar-refractivity contribution in [3.8, 4) is 23.0 Å². The lowest BCUT2D eigenvalue weighted by atomic mass is 10.0. The molecule has 0 bridgehead atoms. The molecule has 1 nitrogen and oxygen atoms in total. The van der Waals surface area contributed by atoms with E-state index in [1.54, 1.807) is 11.3 Å². The first-order chi connectivity index (χ1) is 10.3. The van der Waals surface area contributed by atoms with Gasteiger partial charge in [0.1, 0.15) is 0 Å². The van der Waals surface area contributed by atoms with Crippen LogP contribution in [0.2, 0.25) is 0 Å². The smallest absolute Gasteiger partial charge is 0.0447 e. The van der Waals surface area contributed by atoms with Crippen LogP contribution in [0.4, 0.5) is 0 Å². The maximum Gasteiger partial charge on any atom is 0.0447 e. The van der Waals surface area contributed by atoms with Gasteiger partial charge in [0, 0.05) is 22.9 Å². The van der Waals surface area contributed by atoms with Crippen LogP contribution in [0.3, 0.4) is 0 Å². The normalized spacial score (nSPS) is 11.5. The Morgan fingerprint density at radius 2 is 2.19 bits per heavy atom. The largest absolute Gasteiger partial charge is 0.312 e. The van der Waals surface area contributed by atoms with Crippen molar-refractivity contribution in [2.45, 2.75) is 25.8 Å². The van der Waals surface area contributed by atoms with Gasteiger partial charge in [-0.2, -0.15) is 0 Å². The van der Waals surface area contributed by atoms with Gasteiger partial charge < -0.3 is 5.32 Å². The topological polar surface area (TPSA) is 12.0 Å². The van der Waals surface area contributed by atoms with Gasteiger partial charge in [-0.05, 0) is 48.2 Å². The quantitative estimate of drug-likeness (QED) is 0.603. The van der Waals surface area contributed by atoms with Crippen molar-refractivity contribution >= 4 is 11.3 Å². The summed E-state index contributed by atoms with van der Waals surface area (Å²) in [6.07, 6.45) is 3.79. The Balaban J connectivity index is 2.26. The van der Waals surface area contributed by atoms with Crippen LogP contribution in [-0.4, -0.2) is 7.05 Å². The Morgan fingerprint density at radius 1 is 1.33 bits per heavy atom. The third kappa shape index (κ3) is 4.07. The van der Waals surface area contributed by atoms with E-state index < -0.39 is 0 Å². The molecule has 2 aromatic rings. The molecular formula is C19H21NS. The van der Waals surface area contributed by atoms with E-state index >= 15 is 0 Å². The van der Waals surface area contributed by atoms with Crippen molar-refractivity contribution in [2.24, 2.45) is 0 Å². The van der Waals surface area contributed by atoms with E-state index in [0.717, 1.165) is 18.4 Å². The molecule has 0 saturated carbocycles. The van der Waals surface area contributed by atoms with Crippen LogP contribution >= 0.6 is 11.3 Å². The van der Waals surface area contributed by atoms with Crippen molar-refractivity contribution in [3.63, 3.8) is 0 Å². The number of thiophene rings is 1. The van der Waals surface area contributed by atoms with Crippen LogP contribution in [0.25, 0.3) is 11.1 Å². The van der Waals surface area contributed by atoms with Crippen molar-refractivity contribution < 1.29 is 0 Å². The van der Waals surface area contributed by atoms with Crippen molar-refractivity contribution in [2.75, 3.05) is 7.05 Å². The summed E-state index contributed by atoms with van der Waals surface area (Å²) in [7, 11) is 1.99. The molecule has 0 saturated heterocycles. The van der Waals surface area contributed by atoms with Crippen molar-refractivity contribution in [3.05, 3.63) is 58.8 Å². The zero-order chi connectivity index (χ0) is 15.1. The third-order valence-electron chi connectivity index (χ3n) is 3.32. The molecule has 1 aromatic carbocycles. The molecule has 2 rings (SSSR count). The first-order valence-corrected chi connectivity index (χ1v) is 8.12. The van der Waals surface area contributed by atoms with Gasteiger partial charge >= 0.3 is 0 Å². The SMILES string of the molecule is C=CCC(NC)c1cc(-c2cccc(C#CCC)c2)cs1.